The van der Waals surface area contributed by atoms with Gasteiger partial charge in [0.2, 0.25) is 0 Å². The van der Waals surface area contributed by atoms with Gasteiger partial charge in [0, 0.05) is 13.1 Å². The van der Waals surface area contributed by atoms with Crippen molar-refractivity contribution in [2.24, 2.45) is 0 Å². The zero-order valence-corrected chi connectivity index (χ0v) is 9.56. The molecule has 1 aliphatic rings. The Balaban J connectivity index is 2.51. The van der Waals surface area contributed by atoms with Crippen LogP contribution in [0.1, 0.15) is 12.8 Å². The largest absolute Gasteiger partial charge is 0.465 e. The van der Waals surface area contributed by atoms with E-state index in [4.69, 9.17) is 5.11 Å². The van der Waals surface area contributed by atoms with E-state index in [1.165, 1.54) is 10.5 Å². The van der Waals surface area contributed by atoms with Gasteiger partial charge in [-0.05, 0) is 50.3 Å². The quantitative estimate of drug-likeness (QED) is 0.747. The molecule has 1 saturated heterocycles. The van der Waals surface area contributed by atoms with Crippen molar-refractivity contribution in [2.45, 2.75) is 12.8 Å². The predicted octanol–water partition coefficient (Wildman–Crippen LogP) is 2.76. The first-order chi connectivity index (χ1) is 5.61. The van der Waals surface area contributed by atoms with Crippen LogP contribution < -0.4 is 0 Å². The van der Waals surface area contributed by atoms with Crippen molar-refractivity contribution >= 4 is 38.0 Å². The Labute approximate surface area is 87.7 Å². The molecule has 1 heterocycles. The molecule has 1 fully saturated rings. The molecular weight excluding hydrogens is 290 g/mol. The molecule has 0 unspecified atom stereocenters. The number of likely N-dealkylation sites (tertiary alicyclic amines) is 1. The van der Waals surface area contributed by atoms with Gasteiger partial charge in [-0.25, -0.2) is 4.79 Å². The second-order valence-corrected chi connectivity index (χ2v) is 5.28. The van der Waals surface area contributed by atoms with E-state index in [1.54, 1.807) is 0 Å². The number of nitrogens with zero attached hydrogens (tertiary/aromatic N) is 1. The minimum atomic E-state index is -0.820. The molecule has 68 valence electrons. The van der Waals surface area contributed by atoms with Crippen LogP contribution in [0.3, 0.4) is 0 Å². The maximum atomic E-state index is 10.5. The third kappa shape index (κ3) is 2.48. The van der Waals surface area contributed by atoms with Gasteiger partial charge in [0.15, 0.2) is 0 Å². The number of piperidine rings is 1. The summed E-state index contributed by atoms with van der Waals surface area (Å²) in [6.07, 6.45) is 0.816. The number of hydrogen-bond acceptors (Lipinski definition) is 1. The van der Waals surface area contributed by atoms with E-state index in [1.807, 2.05) is 0 Å². The summed E-state index contributed by atoms with van der Waals surface area (Å²) in [6.45, 7) is 1.21. The number of rotatable bonds is 0. The summed E-state index contributed by atoms with van der Waals surface area (Å²) in [5.41, 5.74) is 1.26. The van der Waals surface area contributed by atoms with Gasteiger partial charge in [-0.15, -0.1) is 0 Å². The van der Waals surface area contributed by atoms with Crippen LogP contribution in [0.5, 0.6) is 0 Å². The van der Waals surface area contributed by atoms with Gasteiger partial charge in [-0.2, -0.15) is 0 Å². The molecule has 0 spiro atoms. The number of halogens is 2. The maximum Gasteiger partial charge on any atom is 0.407 e. The molecule has 1 N–H and O–H groups in total. The zero-order valence-electron chi connectivity index (χ0n) is 6.39. The molecule has 0 aliphatic carbocycles. The van der Waals surface area contributed by atoms with Crippen LogP contribution in [0.25, 0.3) is 0 Å². The zero-order chi connectivity index (χ0) is 9.14. The third-order valence-corrected chi connectivity index (χ3v) is 3.03. The van der Waals surface area contributed by atoms with E-state index in [-0.39, 0.29) is 0 Å². The SMILES string of the molecule is O=C(O)N1CCC(=C(Br)Br)CC1. The van der Waals surface area contributed by atoms with Gasteiger partial charge in [0.25, 0.3) is 0 Å². The normalized spacial score (nSPS) is 17.8. The maximum absolute atomic E-state index is 10.5. The second-order valence-electron chi connectivity index (χ2n) is 2.63. The van der Waals surface area contributed by atoms with Gasteiger partial charge in [-0.3, -0.25) is 0 Å². The summed E-state index contributed by atoms with van der Waals surface area (Å²) < 4.78 is 0.972. The van der Waals surface area contributed by atoms with E-state index in [0.29, 0.717) is 13.1 Å². The van der Waals surface area contributed by atoms with Crippen LogP contribution in [0.2, 0.25) is 0 Å². The average molecular weight is 299 g/mol. The van der Waals surface area contributed by atoms with Crippen molar-refractivity contribution in [2.75, 3.05) is 13.1 Å². The Morgan fingerprint density at radius 1 is 1.33 bits per heavy atom. The van der Waals surface area contributed by atoms with Crippen molar-refractivity contribution in [3.05, 3.63) is 8.96 Å². The molecule has 1 amide bonds. The third-order valence-electron chi connectivity index (χ3n) is 1.90. The lowest BCUT2D eigenvalue weighted by Crippen LogP contribution is -2.35. The van der Waals surface area contributed by atoms with Crippen LogP contribution >= 0.6 is 31.9 Å². The Hall–Kier alpha value is -0.0300. The molecule has 3 nitrogen and oxygen atoms in total. The fourth-order valence-electron chi connectivity index (χ4n) is 1.16. The lowest BCUT2D eigenvalue weighted by Gasteiger charge is -2.25. The van der Waals surface area contributed by atoms with E-state index < -0.39 is 6.09 Å². The summed E-state index contributed by atoms with van der Waals surface area (Å²) in [4.78, 5) is 12.0. The number of hydrogen-bond donors (Lipinski definition) is 1. The minimum Gasteiger partial charge on any atom is -0.465 e. The Kier molecular flexibility index (Phi) is 3.58. The lowest BCUT2D eigenvalue weighted by molar-refractivity contribution is 0.141. The molecule has 5 heteroatoms. The van der Waals surface area contributed by atoms with Gasteiger partial charge in [0.05, 0.1) is 3.39 Å². The Bertz CT molecular complexity index is 213. The molecule has 0 bridgehead atoms. The summed E-state index contributed by atoms with van der Waals surface area (Å²) in [5.74, 6) is 0. The van der Waals surface area contributed by atoms with Gasteiger partial charge >= 0.3 is 6.09 Å². The first-order valence-corrected chi connectivity index (χ1v) is 5.20. The van der Waals surface area contributed by atoms with E-state index in [9.17, 15) is 4.79 Å². The molecule has 0 saturated carbocycles. The molecule has 0 aromatic carbocycles. The molecule has 12 heavy (non-hydrogen) atoms. The average Bonchev–Trinajstić information content (AvgIpc) is 2.04. The topological polar surface area (TPSA) is 40.5 Å². The molecule has 0 radical (unpaired) electrons. The van der Waals surface area contributed by atoms with Crippen LogP contribution in [0.4, 0.5) is 4.79 Å². The molecule has 0 aromatic rings. The van der Waals surface area contributed by atoms with Crippen LogP contribution in [0, 0.1) is 0 Å². The second kappa shape index (κ2) is 4.28. The lowest BCUT2D eigenvalue weighted by atomic mass is 10.1. The first kappa shape index (κ1) is 10.1. The van der Waals surface area contributed by atoms with Crippen molar-refractivity contribution in [1.82, 2.24) is 4.90 Å². The van der Waals surface area contributed by atoms with E-state index in [2.05, 4.69) is 31.9 Å². The standard InChI is InChI=1S/C7H9Br2NO2/c8-6(9)5-1-3-10(4-2-5)7(11)12/h1-4H2,(H,11,12). The Morgan fingerprint density at radius 3 is 2.17 bits per heavy atom. The fourth-order valence-corrected chi connectivity index (χ4v) is 1.95. The number of carboxylic acid groups (broad SMARTS) is 1. The van der Waals surface area contributed by atoms with Crippen molar-refractivity contribution < 1.29 is 9.90 Å². The molecule has 0 atom stereocenters. The van der Waals surface area contributed by atoms with Gasteiger partial charge < -0.3 is 10.0 Å². The Morgan fingerprint density at radius 2 is 1.83 bits per heavy atom. The highest BCUT2D eigenvalue weighted by Gasteiger charge is 2.18. The highest BCUT2D eigenvalue weighted by Crippen LogP contribution is 2.27. The van der Waals surface area contributed by atoms with Crippen molar-refractivity contribution in [3.63, 3.8) is 0 Å². The summed E-state index contributed by atoms with van der Waals surface area (Å²) in [5, 5.41) is 8.65. The van der Waals surface area contributed by atoms with Crippen molar-refractivity contribution in [3.8, 4) is 0 Å². The predicted molar refractivity (Wildman–Crippen MR) is 53.7 cm³/mol. The van der Waals surface area contributed by atoms with Gasteiger partial charge in [0.1, 0.15) is 0 Å². The first-order valence-electron chi connectivity index (χ1n) is 3.62. The van der Waals surface area contributed by atoms with Crippen LogP contribution in [0.15, 0.2) is 8.96 Å². The number of carbonyl (C=O) groups is 1. The highest BCUT2D eigenvalue weighted by molar-refractivity contribution is 9.28. The monoisotopic (exact) mass is 297 g/mol. The fraction of sp³-hybridized carbons (Fsp3) is 0.571. The molecular formula is C7H9Br2NO2. The van der Waals surface area contributed by atoms with E-state index in [0.717, 1.165) is 16.2 Å². The van der Waals surface area contributed by atoms with Crippen molar-refractivity contribution in [1.29, 1.82) is 0 Å². The summed E-state index contributed by atoms with van der Waals surface area (Å²) in [7, 11) is 0. The molecule has 0 aromatic heterocycles. The summed E-state index contributed by atoms with van der Waals surface area (Å²) in [6, 6.07) is 0. The van der Waals surface area contributed by atoms with Crippen LogP contribution in [-0.2, 0) is 0 Å². The molecule has 1 aliphatic heterocycles. The minimum absolute atomic E-state index is 0.603. The number of amides is 1. The van der Waals surface area contributed by atoms with E-state index >= 15 is 0 Å². The highest BCUT2D eigenvalue weighted by atomic mass is 79.9. The summed E-state index contributed by atoms with van der Waals surface area (Å²) >= 11 is 6.65. The van der Waals surface area contributed by atoms with Gasteiger partial charge in [-0.1, -0.05) is 0 Å². The molecule has 1 rings (SSSR count). The van der Waals surface area contributed by atoms with Crippen LogP contribution in [-0.4, -0.2) is 29.2 Å². The smallest absolute Gasteiger partial charge is 0.407 e.